The van der Waals surface area contributed by atoms with Crippen LogP contribution in [0.2, 0.25) is 23.2 Å². The van der Waals surface area contributed by atoms with Gasteiger partial charge in [-0.2, -0.15) is 0 Å². The number of fused-ring (bicyclic) bond motifs is 4. The first-order valence-corrected chi connectivity index (χ1v) is 23.3. The van der Waals surface area contributed by atoms with Crippen LogP contribution in [0.4, 0.5) is 5.69 Å². The van der Waals surface area contributed by atoms with Gasteiger partial charge in [0.05, 0.1) is 38.2 Å². The van der Waals surface area contributed by atoms with Gasteiger partial charge in [0, 0.05) is 60.9 Å². The zero-order valence-electron chi connectivity index (χ0n) is 32.3. The molecule has 1 spiro atoms. The minimum Gasteiger partial charge on any atom is -0.490 e. The van der Waals surface area contributed by atoms with E-state index in [4.69, 9.17) is 30.2 Å². The van der Waals surface area contributed by atoms with Crippen molar-refractivity contribution in [3.63, 3.8) is 0 Å². The molecular formula is C41H60ClN3O5SSi. The summed E-state index contributed by atoms with van der Waals surface area (Å²) in [5.74, 6) is 1.60. The van der Waals surface area contributed by atoms with Crippen molar-refractivity contribution in [1.82, 2.24) is 9.03 Å². The molecule has 2 aromatic rings. The summed E-state index contributed by atoms with van der Waals surface area (Å²) < 4.78 is 30.4. The summed E-state index contributed by atoms with van der Waals surface area (Å²) in [5, 5.41) is 0.898. The topological polar surface area (TPSA) is 72.5 Å². The first kappa shape index (κ1) is 39.6. The van der Waals surface area contributed by atoms with Gasteiger partial charge in [0.1, 0.15) is 5.75 Å². The first-order valence-electron chi connectivity index (χ1n) is 19.3. The van der Waals surface area contributed by atoms with Crippen LogP contribution < -0.4 is 14.4 Å². The van der Waals surface area contributed by atoms with Crippen LogP contribution in [-0.2, 0) is 25.7 Å². The Morgan fingerprint density at radius 1 is 1.12 bits per heavy atom. The molecule has 8 nitrogen and oxygen atoms in total. The molecule has 2 aliphatic carbocycles. The van der Waals surface area contributed by atoms with Gasteiger partial charge in [0.15, 0.2) is 8.32 Å². The summed E-state index contributed by atoms with van der Waals surface area (Å²) in [6, 6.07) is 12.5. The first-order chi connectivity index (χ1) is 24.8. The van der Waals surface area contributed by atoms with Gasteiger partial charge in [-0.3, -0.25) is 9.52 Å². The van der Waals surface area contributed by atoms with Crippen LogP contribution in [0.3, 0.4) is 0 Å². The summed E-state index contributed by atoms with van der Waals surface area (Å²) in [4.78, 5) is 16.4. The van der Waals surface area contributed by atoms with Crippen molar-refractivity contribution in [3.05, 3.63) is 70.3 Å². The van der Waals surface area contributed by atoms with Crippen molar-refractivity contribution in [2.75, 3.05) is 58.1 Å². The lowest BCUT2D eigenvalue weighted by Crippen LogP contribution is -2.52. The van der Waals surface area contributed by atoms with E-state index >= 15 is 0 Å². The van der Waals surface area contributed by atoms with E-state index in [1.54, 1.807) is 7.11 Å². The number of halogens is 1. The molecule has 0 saturated heterocycles. The Balaban J connectivity index is 1.36. The van der Waals surface area contributed by atoms with Crippen molar-refractivity contribution < 1.29 is 23.4 Å². The van der Waals surface area contributed by atoms with Crippen molar-refractivity contribution in [1.29, 1.82) is 0 Å². The average Bonchev–Trinajstić information content (AvgIpc) is 3.23. The van der Waals surface area contributed by atoms with Crippen LogP contribution in [0.15, 0.2) is 48.6 Å². The number of methoxy groups -OCH3 is 1. The molecular weight excluding hydrogens is 710 g/mol. The number of hydrogen-bond acceptors (Lipinski definition) is 8. The van der Waals surface area contributed by atoms with E-state index in [0.717, 1.165) is 68.1 Å². The Labute approximate surface area is 322 Å². The third kappa shape index (κ3) is 8.90. The molecule has 1 saturated carbocycles. The van der Waals surface area contributed by atoms with E-state index in [-0.39, 0.29) is 28.5 Å². The molecule has 52 heavy (non-hydrogen) atoms. The van der Waals surface area contributed by atoms with Gasteiger partial charge >= 0.3 is 0 Å². The van der Waals surface area contributed by atoms with E-state index < -0.39 is 8.32 Å². The number of hydrogen-bond donors (Lipinski definition) is 1. The zero-order chi connectivity index (χ0) is 37.1. The van der Waals surface area contributed by atoms with Gasteiger partial charge in [0.25, 0.3) is 5.91 Å². The number of nitrogens with zero attached hydrogens (tertiary/aromatic N) is 2. The number of rotatable bonds is 8. The summed E-state index contributed by atoms with van der Waals surface area (Å²) in [5.41, 5.74) is 4.14. The number of ether oxygens (including phenoxy) is 3. The fourth-order valence-electron chi connectivity index (χ4n) is 8.02. The second-order valence-electron chi connectivity index (χ2n) is 16.9. The Morgan fingerprint density at radius 3 is 2.69 bits per heavy atom. The predicted octanol–water partition coefficient (Wildman–Crippen LogP) is 8.84. The summed E-state index contributed by atoms with van der Waals surface area (Å²) in [6.45, 7) is 18.6. The van der Waals surface area contributed by atoms with Gasteiger partial charge in [-0.15, -0.1) is 0 Å². The molecule has 0 aromatic heterocycles. The molecule has 4 aliphatic rings. The maximum absolute atomic E-state index is 13.8. The molecule has 1 amide bonds. The number of benzene rings is 2. The minimum absolute atomic E-state index is 0.0541. The van der Waals surface area contributed by atoms with E-state index in [2.05, 4.69) is 85.1 Å². The number of nitrogens with one attached hydrogen (secondary N) is 1. The lowest BCUT2D eigenvalue weighted by molar-refractivity contribution is 0.0523. The summed E-state index contributed by atoms with van der Waals surface area (Å²) in [6.07, 6.45) is 11.1. The highest BCUT2D eigenvalue weighted by Crippen LogP contribution is 2.48. The van der Waals surface area contributed by atoms with E-state index in [0.29, 0.717) is 50.4 Å². The molecule has 0 unspecified atom stereocenters. The lowest BCUT2D eigenvalue weighted by Gasteiger charge is -2.48. The number of amides is 1. The number of anilines is 1. The number of aryl methyl sites for hydroxylation is 1. The molecule has 286 valence electrons. The van der Waals surface area contributed by atoms with Gasteiger partial charge in [-0.05, 0) is 117 Å². The Bertz CT molecular complexity index is 1590. The Morgan fingerprint density at radius 2 is 1.94 bits per heavy atom. The number of carbonyl (C=O) groups is 1. The van der Waals surface area contributed by atoms with Crippen LogP contribution in [0, 0.1) is 11.8 Å². The van der Waals surface area contributed by atoms with Crippen molar-refractivity contribution in [3.8, 4) is 5.75 Å². The van der Waals surface area contributed by atoms with Gasteiger partial charge in [-0.25, -0.2) is 4.31 Å². The zero-order valence-corrected chi connectivity index (χ0v) is 34.9. The van der Waals surface area contributed by atoms with Crippen LogP contribution >= 0.6 is 23.7 Å². The van der Waals surface area contributed by atoms with Crippen LogP contribution in [0.5, 0.6) is 5.75 Å². The average molecular weight is 771 g/mol. The molecule has 1 fully saturated rings. The largest absolute Gasteiger partial charge is 0.490 e. The van der Waals surface area contributed by atoms with Gasteiger partial charge in [-0.1, -0.05) is 50.6 Å². The quantitative estimate of drug-likeness (QED) is 0.124. The SMILES string of the molecule is COCCOCCN1SNC(=O)c2ccc3c(c2)N(C[C@@H]2CC[C@H]2[C@@H](O[Si](C)(C)C(C)(C)C)/C=C\C[C@@H]1C)C[C@@]1(CCCc2cc(Cl)ccc21)CO3. The highest BCUT2D eigenvalue weighted by molar-refractivity contribution is 7.95. The fourth-order valence-corrected chi connectivity index (χ4v) is 10.3. The second-order valence-corrected chi connectivity index (χ2v) is 23.0. The second kappa shape index (κ2) is 16.8. The summed E-state index contributed by atoms with van der Waals surface area (Å²) >= 11 is 7.88. The minimum atomic E-state index is -2.06. The van der Waals surface area contributed by atoms with E-state index in [1.165, 1.54) is 23.3 Å². The molecule has 11 heteroatoms. The van der Waals surface area contributed by atoms with Crippen LogP contribution in [0.1, 0.15) is 81.3 Å². The smallest absolute Gasteiger partial charge is 0.262 e. The predicted molar refractivity (Wildman–Crippen MR) is 216 cm³/mol. The van der Waals surface area contributed by atoms with Crippen molar-refractivity contribution >= 4 is 43.6 Å². The standard InChI is InChI=1S/C41H60ClN3O5SSi/c1-29-10-8-12-37(50-52(6,7)40(2,3)4)34-16-13-32(34)26-44-27-41(19-9-11-30-24-33(42)15-17-35(30)41)28-49-38-18-14-31(25-36(38)44)39(46)43-51-45(29)20-21-48-23-22-47-5/h8,12,14-15,17-18,24-25,29,32,34,37H,9-11,13,16,19-23,26-28H2,1-7H3,(H,43,46)/b12-8-/t29-,32-,34+,37-,41-/m0/s1. The van der Waals surface area contributed by atoms with Gasteiger partial charge in [0.2, 0.25) is 0 Å². The lowest BCUT2D eigenvalue weighted by atomic mass is 9.68. The molecule has 2 aromatic carbocycles. The third-order valence-electron chi connectivity index (χ3n) is 12.3. The molecule has 5 atom stereocenters. The third-order valence-corrected chi connectivity index (χ3v) is 18.1. The normalized spacial score (nSPS) is 27.8. The fraction of sp³-hybridized carbons (Fsp3) is 0.634. The van der Waals surface area contributed by atoms with Crippen molar-refractivity contribution in [2.24, 2.45) is 11.8 Å². The summed E-state index contributed by atoms with van der Waals surface area (Å²) in [7, 11) is -0.382. The highest BCUT2D eigenvalue weighted by atomic mass is 35.5. The van der Waals surface area contributed by atoms with Crippen molar-refractivity contribution in [2.45, 2.75) is 102 Å². The highest BCUT2D eigenvalue weighted by Gasteiger charge is 2.46. The van der Waals surface area contributed by atoms with E-state index in [1.807, 2.05) is 18.2 Å². The molecule has 0 radical (unpaired) electrons. The molecule has 6 rings (SSSR count). The van der Waals surface area contributed by atoms with Crippen LogP contribution in [0.25, 0.3) is 0 Å². The molecule has 2 bridgehead atoms. The van der Waals surface area contributed by atoms with Crippen LogP contribution in [-0.4, -0.2) is 83.8 Å². The van der Waals surface area contributed by atoms with E-state index in [9.17, 15) is 4.79 Å². The molecule has 2 aliphatic heterocycles. The van der Waals surface area contributed by atoms with Gasteiger partial charge < -0.3 is 23.5 Å². The maximum Gasteiger partial charge on any atom is 0.262 e. The number of carbonyl (C=O) groups excluding carboxylic acids is 1. The monoisotopic (exact) mass is 769 g/mol. The Hall–Kier alpha value is -2.05. The maximum atomic E-state index is 13.8. The Kier molecular flexibility index (Phi) is 12.8. The molecule has 2 heterocycles. The molecule has 1 N–H and O–H groups in total.